The first kappa shape index (κ1) is 20.8. The predicted molar refractivity (Wildman–Crippen MR) is 105 cm³/mol. The maximum absolute atomic E-state index is 13.8. The molecule has 154 valence electrons. The fourth-order valence-electron chi connectivity index (χ4n) is 3.33. The third-order valence-corrected chi connectivity index (χ3v) is 4.73. The third-order valence-electron chi connectivity index (χ3n) is 4.73. The van der Waals surface area contributed by atoms with Crippen LogP contribution in [0.15, 0.2) is 29.2 Å². The smallest absolute Gasteiger partial charge is 0.297 e. The summed E-state index contributed by atoms with van der Waals surface area (Å²) in [4.78, 5) is 19.4. The quantitative estimate of drug-likeness (QED) is 0.741. The highest BCUT2D eigenvalue weighted by Gasteiger charge is 2.23. The number of aromatic nitrogens is 2. The summed E-state index contributed by atoms with van der Waals surface area (Å²) in [6, 6.07) is 5.81. The number of aliphatic hydroxyl groups excluding tert-OH is 1. The molecule has 2 atom stereocenters. The molecular weight excluding hydrogens is 377 g/mol. The van der Waals surface area contributed by atoms with Crippen molar-refractivity contribution in [2.75, 3.05) is 24.6 Å². The molecular formula is C20H24FN5O3. The number of aliphatic hydroxyl groups is 1. The molecule has 2 aromatic rings. The SMILES string of the molecule is CC(O)COc1cnc(N2CCC[C@@H](N)C2)n(Cc2cc(F)ccc2C#N)c1=O. The van der Waals surface area contributed by atoms with Crippen molar-refractivity contribution >= 4 is 5.95 Å². The molecule has 9 heteroatoms. The van der Waals surface area contributed by atoms with E-state index in [0.717, 1.165) is 12.8 Å². The van der Waals surface area contributed by atoms with Crippen LogP contribution < -0.4 is 20.9 Å². The van der Waals surface area contributed by atoms with Gasteiger partial charge in [0.05, 0.1) is 30.5 Å². The number of anilines is 1. The number of rotatable bonds is 6. The first-order valence-electron chi connectivity index (χ1n) is 9.48. The van der Waals surface area contributed by atoms with Crippen LogP contribution in [-0.2, 0) is 6.54 Å². The monoisotopic (exact) mass is 401 g/mol. The maximum atomic E-state index is 13.8. The van der Waals surface area contributed by atoms with Gasteiger partial charge in [-0.15, -0.1) is 0 Å². The van der Waals surface area contributed by atoms with Gasteiger partial charge in [0.25, 0.3) is 5.56 Å². The number of ether oxygens (including phenoxy) is 1. The Hall–Kier alpha value is -2.96. The largest absolute Gasteiger partial charge is 0.484 e. The Bertz CT molecular complexity index is 970. The first-order valence-corrected chi connectivity index (χ1v) is 9.48. The van der Waals surface area contributed by atoms with Crippen molar-refractivity contribution in [1.29, 1.82) is 5.26 Å². The highest BCUT2D eigenvalue weighted by molar-refractivity contribution is 5.41. The second kappa shape index (κ2) is 9.03. The Balaban J connectivity index is 2.05. The molecule has 0 amide bonds. The van der Waals surface area contributed by atoms with Crippen molar-refractivity contribution in [3.63, 3.8) is 0 Å². The fraction of sp³-hybridized carbons (Fsp3) is 0.450. The van der Waals surface area contributed by atoms with Crippen LogP contribution in [0.2, 0.25) is 0 Å². The van der Waals surface area contributed by atoms with Gasteiger partial charge in [0.1, 0.15) is 12.4 Å². The standard InChI is InChI=1S/C20H24FN5O3/c1-13(27)12-29-18-9-24-20(25-6-2-3-17(23)11-25)26(19(18)28)10-15-7-16(21)5-4-14(15)8-22/h4-5,7,9,13,17,27H,2-3,6,10-12,23H2,1H3/t13?,17-/m1/s1. The van der Waals surface area contributed by atoms with Gasteiger partial charge in [-0.3, -0.25) is 9.36 Å². The van der Waals surface area contributed by atoms with Crippen molar-refractivity contribution < 1.29 is 14.2 Å². The van der Waals surface area contributed by atoms with E-state index < -0.39 is 17.5 Å². The average molecular weight is 401 g/mol. The molecule has 29 heavy (non-hydrogen) atoms. The van der Waals surface area contributed by atoms with Crippen molar-refractivity contribution in [1.82, 2.24) is 9.55 Å². The van der Waals surface area contributed by atoms with E-state index in [9.17, 15) is 19.6 Å². The van der Waals surface area contributed by atoms with Crippen molar-refractivity contribution in [3.05, 3.63) is 51.7 Å². The molecule has 1 saturated heterocycles. The molecule has 1 aliphatic rings. The topological polar surface area (TPSA) is 117 Å². The first-order chi connectivity index (χ1) is 13.9. The summed E-state index contributed by atoms with van der Waals surface area (Å²) in [5.41, 5.74) is 6.25. The minimum absolute atomic E-state index is 0.0223. The zero-order chi connectivity index (χ0) is 21.0. The zero-order valence-corrected chi connectivity index (χ0v) is 16.2. The Labute approximate surface area is 168 Å². The van der Waals surface area contributed by atoms with Gasteiger partial charge in [0.2, 0.25) is 11.7 Å². The average Bonchev–Trinajstić information content (AvgIpc) is 2.68. The van der Waals surface area contributed by atoms with Gasteiger partial charge in [0.15, 0.2) is 0 Å². The number of nitrogens with two attached hydrogens (primary N) is 1. The predicted octanol–water partition coefficient (Wildman–Crippen LogP) is 0.989. The van der Waals surface area contributed by atoms with E-state index >= 15 is 0 Å². The second-order valence-electron chi connectivity index (χ2n) is 7.24. The highest BCUT2D eigenvalue weighted by Crippen LogP contribution is 2.20. The molecule has 1 aliphatic heterocycles. The summed E-state index contributed by atoms with van der Waals surface area (Å²) < 4.78 is 20.5. The van der Waals surface area contributed by atoms with Crippen LogP contribution in [0.3, 0.4) is 0 Å². The molecule has 0 bridgehead atoms. The number of hydrogen-bond acceptors (Lipinski definition) is 7. The highest BCUT2D eigenvalue weighted by atomic mass is 19.1. The van der Waals surface area contributed by atoms with Gasteiger partial charge in [-0.1, -0.05) is 0 Å². The van der Waals surface area contributed by atoms with E-state index in [1.807, 2.05) is 11.0 Å². The van der Waals surface area contributed by atoms with Crippen LogP contribution in [-0.4, -0.2) is 46.5 Å². The molecule has 1 fully saturated rings. The molecule has 8 nitrogen and oxygen atoms in total. The van der Waals surface area contributed by atoms with Crippen molar-refractivity contribution in [3.8, 4) is 11.8 Å². The van der Waals surface area contributed by atoms with Gasteiger partial charge >= 0.3 is 0 Å². The molecule has 0 spiro atoms. The molecule has 1 aromatic carbocycles. The Morgan fingerprint density at radius 1 is 1.52 bits per heavy atom. The lowest BCUT2D eigenvalue weighted by atomic mass is 10.1. The van der Waals surface area contributed by atoms with Gasteiger partial charge in [0, 0.05) is 19.1 Å². The van der Waals surface area contributed by atoms with E-state index in [0.29, 0.717) is 24.6 Å². The van der Waals surface area contributed by atoms with Crippen molar-refractivity contribution in [2.24, 2.45) is 5.73 Å². The molecule has 2 heterocycles. The Morgan fingerprint density at radius 2 is 2.31 bits per heavy atom. The van der Waals surface area contributed by atoms with Crippen LogP contribution >= 0.6 is 0 Å². The summed E-state index contributed by atoms with van der Waals surface area (Å²) in [5, 5.41) is 18.8. The van der Waals surface area contributed by atoms with Crippen LogP contribution in [0.5, 0.6) is 5.75 Å². The van der Waals surface area contributed by atoms with Gasteiger partial charge in [-0.2, -0.15) is 5.26 Å². The molecule has 0 aliphatic carbocycles. The molecule has 3 N–H and O–H groups in total. The Morgan fingerprint density at radius 3 is 3.00 bits per heavy atom. The van der Waals surface area contributed by atoms with Gasteiger partial charge in [-0.05, 0) is 43.5 Å². The zero-order valence-electron chi connectivity index (χ0n) is 16.2. The number of piperidine rings is 1. The van der Waals surface area contributed by atoms with E-state index in [1.54, 1.807) is 6.92 Å². The fourth-order valence-corrected chi connectivity index (χ4v) is 3.33. The number of benzene rings is 1. The van der Waals surface area contributed by atoms with E-state index in [4.69, 9.17) is 10.5 Å². The van der Waals surface area contributed by atoms with E-state index in [1.165, 1.54) is 29.0 Å². The van der Waals surface area contributed by atoms with Crippen molar-refractivity contribution in [2.45, 2.75) is 38.5 Å². The summed E-state index contributed by atoms with van der Waals surface area (Å²) in [7, 11) is 0. The summed E-state index contributed by atoms with van der Waals surface area (Å²) >= 11 is 0. The summed E-state index contributed by atoms with van der Waals surface area (Å²) in [6.07, 6.45) is 2.32. The number of halogens is 1. The molecule has 1 unspecified atom stereocenters. The van der Waals surface area contributed by atoms with E-state index in [-0.39, 0.29) is 30.5 Å². The minimum Gasteiger partial charge on any atom is -0.484 e. The van der Waals surface area contributed by atoms with Crippen LogP contribution in [0.1, 0.15) is 30.9 Å². The third kappa shape index (κ3) is 4.91. The van der Waals surface area contributed by atoms with Gasteiger partial charge in [-0.25, -0.2) is 9.37 Å². The second-order valence-corrected chi connectivity index (χ2v) is 7.24. The lowest BCUT2D eigenvalue weighted by molar-refractivity contribution is 0.121. The van der Waals surface area contributed by atoms with Crippen LogP contribution in [0.4, 0.5) is 10.3 Å². The normalized spacial score (nSPS) is 17.6. The molecule has 1 aromatic heterocycles. The van der Waals surface area contributed by atoms with Crippen LogP contribution in [0, 0.1) is 17.1 Å². The number of nitrogens with zero attached hydrogens (tertiary/aromatic N) is 4. The van der Waals surface area contributed by atoms with Crippen LogP contribution in [0.25, 0.3) is 0 Å². The number of nitriles is 1. The Kier molecular flexibility index (Phi) is 6.46. The summed E-state index contributed by atoms with van der Waals surface area (Å²) in [5.74, 6) is -0.128. The maximum Gasteiger partial charge on any atom is 0.297 e. The molecule has 0 saturated carbocycles. The summed E-state index contributed by atoms with van der Waals surface area (Å²) in [6.45, 7) is 2.66. The molecule has 0 radical (unpaired) electrons. The minimum atomic E-state index is -0.754. The lowest BCUT2D eigenvalue weighted by Crippen LogP contribution is -2.45. The number of hydrogen-bond donors (Lipinski definition) is 2. The lowest BCUT2D eigenvalue weighted by Gasteiger charge is -2.33. The van der Waals surface area contributed by atoms with Gasteiger partial charge < -0.3 is 20.5 Å². The van der Waals surface area contributed by atoms with E-state index in [2.05, 4.69) is 4.98 Å². The molecule has 3 rings (SSSR count).